The Bertz CT molecular complexity index is 1000. The summed E-state index contributed by atoms with van der Waals surface area (Å²) in [6.45, 7) is 5.34. The number of hydrogen-bond donors (Lipinski definition) is 0. The molecule has 1 aliphatic heterocycles. The molecule has 0 bridgehead atoms. The van der Waals surface area contributed by atoms with E-state index in [1.807, 2.05) is 49.1 Å². The average Bonchev–Trinajstić information content (AvgIpc) is 3.03. The highest BCUT2D eigenvalue weighted by Gasteiger charge is 2.29. The number of rotatable bonds is 4. The number of aryl methyl sites for hydroxylation is 1. The second-order valence-corrected chi connectivity index (χ2v) is 8.51. The molecule has 4 rings (SSSR count). The number of amides is 1. The van der Waals surface area contributed by atoms with Crippen molar-refractivity contribution in [2.45, 2.75) is 38.4 Å². The number of benzene rings is 2. The molecule has 3 aromatic rings. The van der Waals surface area contributed by atoms with E-state index in [1.54, 1.807) is 0 Å². The van der Waals surface area contributed by atoms with Crippen LogP contribution in [0.1, 0.15) is 37.3 Å². The van der Waals surface area contributed by atoms with Crippen LogP contribution < -0.4 is 0 Å². The first-order valence-electron chi connectivity index (χ1n) is 10.1. The van der Waals surface area contributed by atoms with Gasteiger partial charge in [0.2, 0.25) is 5.91 Å². The zero-order chi connectivity index (χ0) is 20.5. The molecule has 152 valence electrons. The smallest absolute Gasteiger partial charge is 0.223 e. The van der Waals surface area contributed by atoms with Crippen molar-refractivity contribution in [3.05, 3.63) is 70.9 Å². The fourth-order valence-electron chi connectivity index (χ4n) is 4.44. The molecule has 3 unspecified atom stereocenters. The standard InChI is InChI=1S/C24H27ClN2O2/c1-16-13-27(14-17(2)29-16)24(28)12-21(18-8-10-19(25)11-9-18)22-15-26(3)23-7-5-4-6-20(22)23/h4-11,15-17,21H,12-14H2,1-3H3. The maximum atomic E-state index is 13.3. The van der Waals surface area contributed by atoms with Gasteiger partial charge in [0.1, 0.15) is 0 Å². The molecule has 3 atom stereocenters. The molecule has 0 radical (unpaired) electrons. The molecule has 2 heterocycles. The maximum Gasteiger partial charge on any atom is 0.223 e. The van der Waals surface area contributed by atoms with Crippen molar-refractivity contribution in [2.24, 2.45) is 7.05 Å². The van der Waals surface area contributed by atoms with Crippen molar-refractivity contribution in [1.82, 2.24) is 9.47 Å². The van der Waals surface area contributed by atoms with Crippen LogP contribution in [0.3, 0.4) is 0 Å². The molecule has 1 aromatic heterocycles. The number of morpholine rings is 1. The third-order valence-corrected chi connectivity index (χ3v) is 5.98. The molecule has 1 amide bonds. The van der Waals surface area contributed by atoms with Gasteiger partial charge in [-0.25, -0.2) is 0 Å². The number of carbonyl (C=O) groups is 1. The fraction of sp³-hybridized carbons (Fsp3) is 0.375. The Morgan fingerprint density at radius 1 is 1.10 bits per heavy atom. The number of fused-ring (bicyclic) bond motifs is 1. The van der Waals surface area contributed by atoms with Gasteiger partial charge >= 0.3 is 0 Å². The van der Waals surface area contributed by atoms with Crippen LogP contribution in [0.25, 0.3) is 10.9 Å². The maximum absolute atomic E-state index is 13.3. The Morgan fingerprint density at radius 3 is 2.45 bits per heavy atom. The van der Waals surface area contributed by atoms with Crippen LogP contribution in [0.15, 0.2) is 54.7 Å². The van der Waals surface area contributed by atoms with Gasteiger partial charge in [0.15, 0.2) is 0 Å². The van der Waals surface area contributed by atoms with Gasteiger partial charge in [-0.3, -0.25) is 4.79 Å². The first kappa shape index (κ1) is 20.0. The SMILES string of the molecule is CC1CN(C(=O)CC(c2ccc(Cl)cc2)c2cn(C)c3ccccc23)CC(C)O1. The monoisotopic (exact) mass is 410 g/mol. The van der Waals surface area contributed by atoms with E-state index >= 15 is 0 Å². The summed E-state index contributed by atoms with van der Waals surface area (Å²) in [4.78, 5) is 15.2. The van der Waals surface area contributed by atoms with E-state index in [2.05, 4.69) is 36.0 Å². The van der Waals surface area contributed by atoms with Gasteiger partial charge in [0, 0.05) is 54.6 Å². The van der Waals surface area contributed by atoms with E-state index in [9.17, 15) is 4.79 Å². The van der Waals surface area contributed by atoms with Crippen LogP contribution in [0, 0.1) is 0 Å². The predicted molar refractivity (Wildman–Crippen MR) is 117 cm³/mol. The minimum atomic E-state index is -0.0284. The fourth-order valence-corrected chi connectivity index (χ4v) is 4.56. The summed E-state index contributed by atoms with van der Waals surface area (Å²) in [5.74, 6) is 0.138. The third kappa shape index (κ3) is 4.19. The molecular weight excluding hydrogens is 384 g/mol. The minimum absolute atomic E-state index is 0.0284. The zero-order valence-corrected chi connectivity index (χ0v) is 17.9. The third-order valence-electron chi connectivity index (χ3n) is 5.73. The number of halogens is 1. The number of para-hydroxylation sites is 1. The molecule has 0 saturated carbocycles. The average molecular weight is 411 g/mol. The lowest BCUT2D eigenvalue weighted by Gasteiger charge is -2.36. The second-order valence-electron chi connectivity index (χ2n) is 8.08. The summed E-state index contributed by atoms with van der Waals surface area (Å²) in [6, 6.07) is 16.2. The molecule has 0 N–H and O–H groups in total. The van der Waals surface area contributed by atoms with Gasteiger partial charge in [0.25, 0.3) is 0 Å². The van der Waals surface area contributed by atoms with Gasteiger partial charge in [-0.2, -0.15) is 0 Å². The molecule has 1 saturated heterocycles. The lowest BCUT2D eigenvalue weighted by Crippen LogP contribution is -2.48. The number of aromatic nitrogens is 1. The van der Waals surface area contributed by atoms with E-state index in [1.165, 1.54) is 16.5 Å². The molecule has 2 aromatic carbocycles. The molecule has 0 spiro atoms. The quantitative estimate of drug-likeness (QED) is 0.607. The number of carbonyl (C=O) groups excluding carboxylic acids is 1. The topological polar surface area (TPSA) is 34.5 Å². The molecular formula is C24H27ClN2O2. The summed E-state index contributed by atoms with van der Waals surface area (Å²) in [5, 5.41) is 1.89. The Kier molecular flexibility index (Phi) is 5.66. The molecule has 5 heteroatoms. The van der Waals surface area contributed by atoms with Crippen molar-refractivity contribution < 1.29 is 9.53 Å². The Morgan fingerprint density at radius 2 is 1.76 bits per heavy atom. The Hall–Kier alpha value is -2.30. The van der Waals surface area contributed by atoms with Crippen molar-refractivity contribution in [2.75, 3.05) is 13.1 Å². The predicted octanol–water partition coefficient (Wildman–Crippen LogP) is 4.99. The number of hydrogen-bond acceptors (Lipinski definition) is 2. The van der Waals surface area contributed by atoms with E-state index in [0.29, 0.717) is 24.5 Å². The van der Waals surface area contributed by atoms with E-state index < -0.39 is 0 Å². The van der Waals surface area contributed by atoms with E-state index in [4.69, 9.17) is 16.3 Å². The molecule has 4 nitrogen and oxygen atoms in total. The van der Waals surface area contributed by atoms with Crippen molar-refractivity contribution >= 4 is 28.4 Å². The Balaban J connectivity index is 1.71. The zero-order valence-electron chi connectivity index (χ0n) is 17.1. The number of nitrogens with zero attached hydrogens (tertiary/aromatic N) is 2. The minimum Gasteiger partial charge on any atom is -0.372 e. The lowest BCUT2D eigenvalue weighted by molar-refractivity contribution is -0.143. The van der Waals surface area contributed by atoms with Gasteiger partial charge in [-0.05, 0) is 43.2 Å². The van der Waals surface area contributed by atoms with Crippen LogP contribution in [0.2, 0.25) is 5.02 Å². The van der Waals surface area contributed by atoms with E-state index in [-0.39, 0.29) is 24.0 Å². The summed E-state index contributed by atoms with van der Waals surface area (Å²) < 4.78 is 7.94. The van der Waals surface area contributed by atoms with Crippen LogP contribution in [-0.4, -0.2) is 40.7 Å². The molecule has 0 aliphatic carbocycles. The van der Waals surface area contributed by atoms with E-state index in [0.717, 1.165) is 5.56 Å². The Labute approximate surface area is 177 Å². The van der Waals surface area contributed by atoms with Crippen LogP contribution >= 0.6 is 11.6 Å². The molecule has 1 fully saturated rings. The van der Waals surface area contributed by atoms with Gasteiger partial charge in [-0.15, -0.1) is 0 Å². The molecule has 29 heavy (non-hydrogen) atoms. The summed E-state index contributed by atoms with van der Waals surface area (Å²) >= 11 is 6.13. The van der Waals surface area contributed by atoms with Crippen molar-refractivity contribution in [3.8, 4) is 0 Å². The largest absolute Gasteiger partial charge is 0.372 e. The van der Waals surface area contributed by atoms with Crippen LogP contribution in [0.4, 0.5) is 0 Å². The highest BCUT2D eigenvalue weighted by molar-refractivity contribution is 6.30. The van der Waals surface area contributed by atoms with Gasteiger partial charge in [0.05, 0.1) is 12.2 Å². The highest BCUT2D eigenvalue weighted by atomic mass is 35.5. The summed E-state index contributed by atoms with van der Waals surface area (Å²) in [7, 11) is 2.05. The van der Waals surface area contributed by atoms with Crippen LogP contribution in [0.5, 0.6) is 0 Å². The van der Waals surface area contributed by atoms with Gasteiger partial charge < -0.3 is 14.2 Å². The lowest BCUT2D eigenvalue weighted by atomic mass is 9.87. The van der Waals surface area contributed by atoms with Gasteiger partial charge in [-0.1, -0.05) is 41.9 Å². The summed E-state index contributed by atoms with van der Waals surface area (Å²) in [5.41, 5.74) is 3.45. The van der Waals surface area contributed by atoms with Crippen LogP contribution in [-0.2, 0) is 16.6 Å². The molecule has 1 aliphatic rings. The normalized spacial score (nSPS) is 20.8. The summed E-state index contributed by atoms with van der Waals surface area (Å²) in [6.07, 6.45) is 2.71. The first-order chi connectivity index (χ1) is 13.9. The highest BCUT2D eigenvalue weighted by Crippen LogP contribution is 2.35. The van der Waals surface area contributed by atoms with Crippen molar-refractivity contribution in [3.63, 3.8) is 0 Å². The number of ether oxygens (including phenoxy) is 1. The van der Waals surface area contributed by atoms with Crippen molar-refractivity contribution in [1.29, 1.82) is 0 Å². The second kappa shape index (κ2) is 8.21. The first-order valence-corrected chi connectivity index (χ1v) is 10.5.